The topological polar surface area (TPSA) is 84.2 Å². The molecule has 1 amide bonds. The van der Waals surface area contributed by atoms with Gasteiger partial charge >= 0.3 is 0 Å². The lowest BCUT2D eigenvalue weighted by Gasteiger charge is -2.53. The van der Waals surface area contributed by atoms with Crippen LogP contribution in [0.15, 0.2) is 76.3 Å². The van der Waals surface area contributed by atoms with E-state index >= 15 is 0 Å². The maximum absolute atomic E-state index is 13.6. The van der Waals surface area contributed by atoms with E-state index in [2.05, 4.69) is 46.8 Å². The van der Waals surface area contributed by atoms with Crippen molar-refractivity contribution in [3.63, 3.8) is 0 Å². The van der Waals surface area contributed by atoms with E-state index < -0.39 is 17.3 Å². The lowest BCUT2D eigenvalue weighted by atomic mass is 9.80. The highest BCUT2D eigenvalue weighted by Crippen LogP contribution is 2.41. The summed E-state index contributed by atoms with van der Waals surface area (Å²) in [7, 11) is 1.67. The first kappa shape index (κ1) is 22.4. The molecule has 8 nitrogen and oxygen atoms in total. The van der Waals surface area contributed by atoms with Crippen LogP contribution in [0.5, 0.6) is 5.75 Å². The minimum Gasteiger partial charge on any atom is -0.502 e. The number of thiophene rings is 1. The van der Waals surface area contributed by atoms with Crippen molar-refractivity contribution in [2.24, 2.45) is 5.92 Å². The Morgan fingerprint density at radius 1 is 1.24 bits per heavy atom. The van der Waals surface area contributed by atoms with Gasteiger partial charge in [-0.3, -0.25) is 19.3 Å². The Hall–Kier alpha value is -3.82. The second-order valence-corrected chi connectivity index (χ2v) is 10.5. The number of fused-ring (bicyclic) bond motifs is 5. The Morgan fingerprint density at radius 2 is 2.14 bits per heavy atom. The van der Waals surface area contributed by atoms with Gasteiger partial charge in [-0.05, 0) is 52.0 Å². The van der Waals surface area contributed by atoms with Crippen molar-refractivity contribution in [2.75, 3.05) is 31.9 Å². The van der Waals surface area contributed by atoms with E-state index in [1.165, 1.54) is 21.4 Å². The molecule has 1 saturated heterocycles. The molecule has 1 fully saturated rings. The number of pyridine rings is 1. The minimum atomic E-state index is -0.571. The Bertz CT molecular complexity index is 1640. The predicted octanol–water partition coefficient (Wildman–Crippen LogP) is 1.35. The molecule has 1 N–H and O–H groups in total. The van der Waals surface area contributed by atoms with E-state index in [9.17, 15) is 14.7 Å². The summed E-state index contributed by atoms with van der Waals surface area (Å²) in [6, 6.07) is 3.24. The normalized spacial score (nSPS) is 25.9. The molecule has 0 radical (unpaired) electrons. The zero-order chi connectivity index (χ0) is 25.3. The van der Waals surface area contributed by atoms with Crippen molar-refractivity contribution in [3.05, 3.63) is 97.2 Å². The van der Waals surface area contributed by atoms with Gasteiger partial charge in [0.1, 0.15) is 11.9 Å². The lowest BCUT2D eigenvalue weighted by Crippen LogP contribution is -2.69. The number of nitrogens with zero attached hydrogens (tertiary/aromatic N) is 3. The zero-order valence-corrected chi connectivity index (χ0v) is 21.0. The third-order valence-corrected chi connectivity index (χ3v) is 8.79. The molecule has 3 aliphatic carbocycles. The summed E-state index contributed by atoms with van der Waals surface area (Å²) >= 11 is 1.73. The summed E-state index contributed by atoms with van der Waals surface area (Å²) in [4.78, 5) is 27.7. The van der Waals surface area contributed by atoms with Crippen molar-refractivity contribution in [1.29, 1.82) is 0 Å². The molecule has 0 aromatic carbocycles. The molecular formula is C28H25N3O5S. The fraction of sp³-hybridized carbons (Fsp3) is 0.286. The molecule has 2 aliphatic heterocycles. The molecule has 0 spiro atoms. The third kappa shape index (κ3) is 3.17. The van der Waals surface area contributed by atoms with E-state index in [1.54, 1.807) is 34.2 Å². The van der Waals surface area contributed by atoms with Crippen LogP contribution in [0.1, 0.15) is 16.9 Å². The minimum absolute atomic E-state index is 0.00682. The molecule has 5 aliphatic rings. The van der Waals surface area contributed by atoms with Crippen LogP contribution in [0.2, 0.25) is 0 Å². The molecular weight excluding hydrogens is 490 g/mol. The van der Waals surface area contributed by atoms with Crippen LogP contribution >= 0.6 is 11.3 Å². The standard InChI is InChI=1S/C28H25N3O5S/c1-35-16-6-7-18-21(14-16)20-9-13-37-27(20)19-5-3-2-4-17(19)24(18)31-23-15-36-12-11-29(23)28(34)25-26(33)22(32)8-10-30(25)31/h2-4,6-10,13-14,18,23-24,33H,5,11-12,15H2,1H3/t18?,23-,24-/m1/s1. The Labute approximate surface area is 216 Å². The number of ether oxygens (including phenoxy) is 2. The van der Waals surface area contributed by atoms with Crippen LogP contribution in [-0.4, -0.2) is 59.7 Å². The lowest BCUT2D eigenvalue weighted by molar-refractivity contribution is -0.0202. The van der Waals surface area contributed by atoms with E-state index in [-0.39, 0.29) is 23.6 Å². The van der Waals surface area contributed by atoms with Crippen LogP contribution in [0.3, 0.4) is 0 Å². The van der Waals surface area contributed by atoms with Crippen molar-refractivity contribution in [2.45, 2.75) is 18.6 Å². The molecule has 2 aromatic rings. The largest absolute Gasteiger partial charge is 0.502 e. The predicted molar refractivity (Wildman–Crippen MR) is 140 cm³/mol. The van der Waals surface area contributed by atoms with Gasteiger partial charge in [0.25, 0.3) is 5.91 Å². The van der Waals surface area contributed by atoms with Crippen LogP contribution in [-0.2, 0) is 9.47 Å². The monoisotopic (exact) mass is 515 g/mol. The van der Waals surface area contributed by atoms with Gasteiger partial charge < -0.3 is 19.5 Å². The number of methoxy groups -OCH3 is 1. The molecule has 3 atom stereocenters. The van der Waals surface area contributed by atoms with Gasteiger partial charge in [-0.15, -0.1) is 11.3 Å². The van der Waals surface area contributed by atoms with Gasteiger partial charge in [0.15, 0.2) is 11.4 Å². The molecule has 4 heterocycles. The van der Waals surface area contributed by atoms with Gasteiger partial charge in [0.05, 0.1) is 26.4 Å². The molecule has 9 heteroatoms. The Kier molecular flexibility index (Phi) is 5.06. The maximum Gasteiger partial charge on any atom is 0.278 e. The molecule has 7 rings (SSSR count). The van der Waals surface area contributed by atoms with Crippen molar-refractivity contribution >= 4 is 28.4 Å². The average molecular weight is 516 g/mol. The van der Waals surface area contributed by atoms with Crippen molar-refractivity contribution < 1.29 is 19.4 Å². The molecule has 0 saturated carbocycles. The number of aromatic nitrogens is 1. The number of morpholine rings is 1. The van der Waals surface area contributed by atoms with Crippen LogP contribution in [0, 0.1) is 5.92 Å². The zero-order valence-electron chi connectivity index (χ0n) is 20.2. The van der Waals surface area contributed by atoms with E-state index in [1.807, 2.05) is 6.08 Å². The van der Waals surface area contributed by atoms with Gasteiger partial charge in [-0.1, -0.05) is 24.3 Å². The van der Waals surface area contributed by atoms with Crippen molar-refractivity contribution in [3.8, 4) is 5.75 Å². The first-order chi connectivity index (χ1) is 18.1. The Balaban J connectivity index is 1.54. The maximum atomic E-state index is 13.6. The summed E-state index contributed by atoms with van der Waals surface area (Å²) in [6.07, 6.45) is 14.6. The number of hydrogen-bond donors (Lipinski definition) is 1. The number of aromatic hydroxyl groups is 1. The quantitative estimate of drug-likeness (QED) is 0.650. The summed E-state index contributed by atoms with van der Waals surface area (Å²) in [6.45, 7) is 1.10. The molecule has 1 unspecified atom stereocenters. The highest BCUT2D eigenvalue weighted by molar-refractivity contribution is 7.07. The summed E-state index contributed by atoms with van der Waals surface area (Å²) in [5.74, 6) is -0.197. The number of rotatable bonds is 2. The van der Waals surface area contributed by atoms with Gasteiger partial charge in [0, 0.05) is 29.3 Å². The first-order valence-electron chi connectivity index (χ1n) is 12.3. The van der Waals surface area contributed by atoms with Crippen molar-refractivity contribution in [1.82, 2.24) is 9.58 Å². The summed E-state index contributed by atoms with van der Waals surface area (Å²) in [5.41, 5.74) is 2.95. The van der Waals surface area contributed by atoms with Gasteiger partial charge in [-0.2, -0.15) is 0 Å². The third-order valence-electron chi connectivity index (χ3n) is 7.81. The van der Waals surface area contributed by atoms with Gasteiger partial charge in [0.2, 0.25) is 5.43 Å². The Morgan fingerprint density at radius 3 is 3.00 bits per heavy atom. The molecule has 2 aromatic heterocycles. The fourth-order valence-corrected chi connectivity index (χ4v) is 7.16. The van der Waals surface area contributed by atoms with Crippen LogP contribution < -0.4 is 20.2 Å². The number of carbonyl (C=O) groups excluding carboxylic acids is 1. The summed E-state index contributed by atoms with van der Waals surface area (Å²) < 4.78 is 14.4. The van der Waals surface area contributed by atoms with Crippen LogP contribution in [0.25, 0.3) is 11.1 Å². The number of allylic oxidation sites excluding steroid dienone is 5. The number of hydrogen-bond acceptors (Lipinski definition) is 7. The smallest absolute Gasteiger partial charge is 0.278 e. The first-order valence-corrected chi connectivity index (χ1v) is 13.2. The summed E-state index contributed by atoms with van der Waals surface area (Å²) in [5, 5.41) is 16.2. The molecule has 0 bridgehead atoms. The number of carbonyl (C=O) groups is 1. The fourth-order valence-electron chi connectivity index (χ4n) is 6.16. The SMILES string of the molecule is COC1=CC2=c3ccsc3=C3CC=CC=C3[C@@H](N3[C@@H]4COCCN4C(=O)c4c(O)c(=O)ccn43)C2C=C1. The van der Waals surface area contributed by atoms with E-state index in [4.69, 9.17) is 9.47 Å². The second kappa shape index (κ2) is 8.36. The van der Waals surface area contributed by atoms with E-state index in [0.29, 0.717) is 19.8 Å². The highest BCUT2D eigenvalue weighted by Gasteiger charge is 2.48. The van der Waals surface area contributed by atoms with Gasteiger partial charge in [-0.25, -0.2) is 0 Å². The highest BCUT2D eigenvalue weighted by atomic mass is 32.1. The van der Waals surface area contributed by atoms with E-state index in [0.717, 1.165) is 23.3 Å². The average Bonchev–Trinajstić information content (AvgIpc) is 3.39. The molecule has 37 heavy (non-hydrogen) atoms. The molecule has 188 valence electrons. The number of amides is 1. The van der Waals surface area contributed by atoms with Crippen LogP contribution in [0.4, 0.5) is 0 Å². The second-order valence-electron chi connectivity index (χ2n) is 9.59.